The third kappa shape index (κ3) is 8.08. The van der Waals surface area contributed by atoms with Gasteiger partial charge in [0.25, 0.3) is 0 Å². The van der Waals surface area contributed by atoms with Crippen LogP contribution in [0, 0.1) is 0 Å². The minimum absolute atomic E-state index is 0.337. The largest absolute Gasteiger partial charge is 0.389 e. The summed E-state index contributed by atoms with van der Waals surface area (Å²) in [6.45, 7) is 4.18. The Morgan fingerprint density at radius 3 is 2.69 bits per heavy atom. The molecule has 0 heterocycles. The number of aliphatic hydroxyl groups is 1. The summed E-state index contributed by atoms with van der Waals surface area (Å²) in [7, 11) is 0. The first kappa shape index (κ1) is 13.9. The summed E-state index contributed by atoms with van der Waals surface area (Å²) in [5.41, 5.74) is 0. The molecule has 1 unspecified atom stereocenters. The van der Waals surface area contributed by atoms with Crippen molar-refractivity contribution in [3.8, 4) is 0 Å². The van der Waals surface area contributed by atoms with E-state index < -0.39 is 0 Å². The van der Waals surface area contributed by atoms with Gasteiger partial charge < -0.3 is 15.2 Å². The Morgan fingerprint density at radius 2 is 2.00 bits per heavy atom. The van der Waals surface area contributed by atoms with Crippen LogP contribution in [0.5, 0.6) is 0 Å². The van der Waals surface area contributed by atoms with Crippen molar-refractivity contribution in [2.75, 3.05) is 19.8 Å². The van der Waals surface area contributed by atoms with Crippen LogP contribution in [-0.2, 0) is 4.74 Å². The molecule has 1 saturated carbocycles. The van der Waals surface area contributed by atoms with Crippen molar-refractivity contribution in [2.24, 2.45) is 0 Å². The first-order valence-corrected chi connectivity index (χ1v) is 6.82. The summed E-state index contributed by atoms with van der Waals surface area (Å²) in [4.78, 5) is 0. The predicted octanol–water partition coefficient (Wildman–Crippen LogP) is 2.09. The molecule has 0 spiro atoms. The van der Waals surface area contributed by atoms with Crippen molar-refractivity contribution in [3.63, 3.8) is 0 Å². The highest BCUT2D eigenvalue weighted by atomic mass is 16.5. The van der Waals surface area contributed by atoms with E-state index in [1.165, 1.54) is 38.5 Å². The Balaban J connectivity index is 1.75. The maximum Gasteiger partial charge on any atom is 0.0897 e. The van der Waals surface area contributed by atoms with Crippen molar-refractivity contribution in [3.05, 3.63) is 0 Å². The van der Waals surface area contributed by atoms with Crippen molar-refractivity contribution >= 4 is 0 Å². The fraction of sp³-hybridized carbons (Fsp3) is 1.00. The molecule has 0 amide bonds. The SMILES string of the molecule is CCCCCCCOCC(O)CNC1CC1. The van der Waals surface area contributed by atoms with Crippen molar-refractivity contribution < 1.29 is 9.84 Å². The van der Waals surface area contributed by atoms with Crippen LogP contribution in [0.25, 0.3) is 0 Å². The van der Waals surface area contributed by atoms with E-state index in [0.717, 1.165) is 13.0 Å². The Kier molecular flexibility index (Phi) is 7.81. The summed E-state index contributed by atoms with van der Waals surface area (Å²) in [5, 5.41) is 12.9. The number of hydrogen-bond donors (Lipinski definition) is 2. The lowest BCUT2D eigenvalue weighted by Crippen LogP contribution is -2.31. The van der Waals surface area contributed by atoms with E-state index >= 15 is 0 Å². The summed E-state index contributed by atoms with van der Waals surface area (Å²) in [5.74, 6) is 0. The molecule has 3 nitrogen and oxygen atoms in total. The number of ether oxygens (including phenoxy) is 1. The van der Waals surface area contributed by atoms with E-state index in [9.17, 15) is 5.11 Å². The maximum atomic E-state index is 9.58. The van der Waals surface area contributed by atoms with Crippen LogP contribution in [-0.4, -0.2) is 37.0 Å². The van der Waals surface area contributed by atoms with Gasteiger partial charge in [0.15, 0.2) is 0 Å². The minimum atomic E-state index is -0.337. The zero-order chi connectivity index (χ0) is 11.6. The minimum Gasteiger partial charge on any atom is -0.389 e. The van der Waals surface area contributed by atoms with Gasteiger partial charge in [0.1, 0.15) is 0 Å². The van der Waals surface area contributed by atoms with Crippen LogP contribution in [0.2, 0.25) is 0 Å². The lowest BCUT2D eigenvalue weighted by atomic mass is 10.2. The van der Waals surface area contributed by atoms with E-state index in [4.69, 9.17) is 4.74 Å². The molecule has 96 valence electrons. The van der Waals surface area contributed by atoms with Crippen LogP contribution in [0.3, 0.4) is 0 Å². The van der Waals surface area contributed by atoms with Gasteiger partial charge in [-0.2, -0.15) is 0 Å². The maximum absolute atomic E-state index is 9.58. The average molecular weight is 229 g/mol. The molecule has 0 aliphatic heterocycles. The van der Waals surface area contributed by atoms with Crippen molar-refractivity contribution in [2.45, 2.75) is 64.0 Å². The van der Waals surface area contributed by atoms with Crippen LogP contribution in [0.15, 0.2) is 0 Å². The summed E-state index contributed by atoms with van der Waals surface area (Å²) in [6.07, 6.45) is 8.51. The Labute approximate surface area is 99.6 Å². The molecule has 0 aromatic carbocycles. The molecular formula is C13H27NO2. The molecule has 0 aromatic heterocycles. The molecule has 1 aliphatic carbocycles. The van der Waals surface area contributed by atoms with Gasteiger partial charge in [-0.25, -0.2) is 0 Å². The predicted molar refractivity (Wildman–Crippen MR) is 66.6 cm³/mol. The molecule has 0 radical (unpaired) electrons. The lowest BCUT2D eigenvalue weighted by molar-refractivity contribution is 0.0353. The molecule has 0 aromatic rings. The van der Waals surface area contributed by atoms with Crippen molar-refractivity contribution in [1.29, 1.82) is 0 Å². The third-order valence-electron chi connectivity index (χ3n) is 2.92. The first-order valence-electron chi connectivity index (χ1n) is 6.82. The quantitative estimate of drug-likeness (QED) is 0.533. The normalized spacial score (nSPS) is 17.6. The molecule has 1 fully saturated rings. The van der Waals surface area contributed by atoms with Gasteiger partial charge in [-0.05, 0) is 19.3 Å². The van der Waals surface area contributed by atoms with Gasteiger partial charge in [0.2, 0.25) is 0 Å². The number of aliphatic hydroxyl groups excluding tert-OH is 1. The summed E-state index contributed by atoms with van der Waals surface area (Å²) < 4.78 is 5.44. The molecular weight excluding hydrogens is 202 g/mol. The van der Waals surface area contributed by atoms with E-state index in [1.54, 1.807) is 0 Å². The average Bonchev–Trinajstić information content (AvgIpc) is 3.09. The second-order valence-electron chi connectivity index (χ2n) is 4.83. The van der Waals surface area contributed by atoms with E-state index in [-0.39, 0.29) is 6.10 Å². The first-order chi connectivity index (χ1) is 7.83. The molecule has 16 heavy (non-hydrogen) atoms. The van der Waals surface area contributed by atoms with Crippen LogP contribution in [0.1, 0.15) is 51.9 Å². The van der Waals surface area contributed by atoms with Crippen molar-refractivity contribution in [1.82, 2.24) is 5.32 Å². The molecule has 2 N–H and O–H groups in total. The monoisotopic (exact) mass is 229 g/mol. The molecule has 1 atom stereocenters. The highest BCUT2D eigenvalue weighted by Crippen LogP contribution is 2.18. The van der Waals surface area contributed by atoms with Gasteiger partial charge >= 0.3 is 0 Å². The molecule has 1 rings (SSSR count). The van der Waals surface area contributed by atoms with Gasteiger partial charge in [0, 0.05) is 19.2 Å². The standard InChI is InChI=1S/C13H27NO2/c1-2-3-4-5-6-9-16-11-13(15)10-14-12-7-8-12/h12-15H,2-11H2,1H3. The van der Waals surface area contributed by atoms with E-state index in [1.807, 2.05) is 0 Å². The molecule has 1 aliphatic rings. The Morgan fingerprint density at radius 1 is 1.25 bits per heavy atom. The van der Waals surface area contributed by atoms with Gasteiger partial charge in [-0.3, -0.25) is 0 Å². The molecule has 0 bridgehead atoms. The fourth-order valence-corrected chi connectivity index (χ4v) is 1.68. The highest BCUT2D eigenvalue weighted by molar-refractivity contribution is 4.81. The zero-order valence-electron chi connectivity index (χ0n) is 10.6. The number of unbranched alkanes of at least 4 members (excludes halogenated alkanes) is 4. The molecule has 0 saturated heterocycles. The van der Waals surface area contributed by atoms with Gasteiger partial charge in [-0.1, -0.05) is 32.6 Å². The van der Waals surface area contributed by atoms with Gasteiger partial charge in [0.05, 0.1) is 12.7 Å². The zero-order valence-corrected chi connectivity index (χ0v) is 10.6. The lowest BCUT2D eigenvalue weighted by Gasteiger charge is -2.11. The van der Waals surface area contributed by atoms with E-state index in [2.05, 4.69) is 12.2 Å². The topological polar surface area (TPSA) is 41.5 Å². The Bertz CT molecular complexity index is 160. The van der Waals surface area contributed by atoms with Crippen LogP contribution >= 0.6 is 0 Å². The number of hydrogen-bond acceptors (Lipinski definition) is 3. The third-order valence-corrected chi connectivity index (χ3v) is 2.92. The fourth-order valence-electron chi connectivity index (χ4n) is 1.68. The Hall–Kier alpha value is -0.120. The van der Waals surface area contributed by atoms with Gasteiger partial charge in [-0.15, -0.1) is 0 Å². The smallest absolute Gasteiger partial charge is 0.0897 e. The second kappa shape index (κ2) is 8.97. The van der Waals surface area contributed by atoms with E-state index in [0.29, 0.717) is 19.2 Å². The number of rotatable bonds is 11. The molecule has 3 heteroatoms. The summed E-state index contributed by atoms with van der Waals surface area (Å²) in [6, 6.07) is 0.670. The van der Waals surface area contributed by atoms with Crippen LogP contribution < -0.4 is 5.32 Å². The number of nitrogens with one attached hydrogen (secondary N) is 1. The second-order valence-corrected chi connectivity index (χ2v) is 4.83. The van der Waals surface area contributed by atoms with Crippen LogP contribution in [0.4, 0.5) is 0 Å². The summed E-state index contributed by atoms with van der Waals surface area (Å²) >= 11 is 0. The highest BCUT2D eigenvalue weighted by Gasteiger charge is 2.21.